The molecule has 1 aliphatic carbocycles. The maximum atomic E-state index is 9.66. The molecule has 0 amide bonds. The lowest BCUT2D eigenvalue weighted by atomic mass is 9.92. The SMILES string of the molecule is CCCCCN[C@@H]1CCCC[C@H]1O. The second-order valence-electron chi connectivity index (χ2n) is 4.12. The maximum absolute atomic E-state index is 9.66. The summed E-state index contributed by atoms with van der Waals surface area (Å²) in [6.07, 6.45) is 8.37. The van der Waals surface area contributed by atoms with E-state index in [1.807, 2.05) is 0 Å². The van der Waals surface area contributed by atoms with Gasteiger partial charge in [-0.25, -0.2) is 0 Å². The van der Waals surface area contributed by atoms with Crippen LogP contribution in [0.2, 0.25) is 0 Å². The largest absolute Gasteiger partial charge is 0.392 e. The Labute approximate surface area is 81.7 Å². The van der Waals surface area contributed by atoms with Gasteiger partial charge in [0.15, 0.2) is 0 Å². The summed E-state index contributed by atoms with van der Waals surface area (Å²) in [6, 6.07) is 0.380. The molecule has 0 radical (unpaired) electrons. The molecule has 2 N–H and O–H groups in total. The average Bonchev–Trinajstić information content (AvgIpc) is 2.15. The van der Waals surface area contributed by atoms with Gasteiger partial charge in [0.25, 0.3) is 0 Å². The van der Waals surface area contributed by atoms with Gasteiger partial charge < -0.3 is 10.4 Å². The van der Waals surface area contributed by atoms with Crippen LogP contribution in [0.4, 0.5) is 0 Å². The van der Waals surface area contributed by atoms with Gasteiger partial charge in [0.1, 0.15) is 0 Å². The summed E-state index contributed by atoms with van der Waals surface area (Å²) in [6.45, 7) is 3.30. The van der Waals surface area contributed by atoms with E-state index in [0.717, 1.165) is 19.4 Å². The monoisotopic (exact) mass is 185 g/mol. The van der Waals surface area contributed by atoms with Crippen molar-refractivity contribution in [3.05, 3.63) is 0 Å². The van der Waals surface area contributed by atoms with Gasteiger partial charge in [-0.15, -0.1) is 0 Å². The zero-order valence-electron chi connectivity index (χ0n) is 8.76. The molecule has 0 spiro atoms. The standard InChI is InChI=1S/C11H23NO/c1-2-3-6-9-12-10-7-4-5-8-11(10)13/h10-13H,2-9H2,1H3/t10-,11-/m1/s1. The molecule has 2 heteroatoms. The molecule has 2 atom stereocenters. The van der Waals surface area contributed by atoms with Crippen LogP contribution in [0.5, 0.6) is 0 Å². The third kappa shape index (κ3) is 4.10. The number of nitrogens with one attached hydrogen (secondary N) is 1. The molecule has 0 unspecified atom stereocenters. The quantitative estimate of drug-likeness (QED) is 0.643. The first kappa shape index (κ1) is 11.0. The third-order valence-corrected chi connectivity index (χ3v) is 2.92. The molecule has 1 saturated carbocycles. The molecule has 1 aliphatic rings. The summed E-state index contributed by atoms with van der Waals surface area (Å²) in [7, 11) is 0. The van der Waals surface area contributed by atoms with Crippen LogP contribution in [0.1, 0.15) is 51.9 Å². The van der Waals surface area contributed by atoms with Crippen molar-refractivity contribution in [1.82, 2.24) is 5.32 Å². The molecule has 0 heterocycles. The fraction of sp³-hybridized carbons (Fsp3) is 1.00. The third-order valence-electron chi connectivity index (χ3n) is 2.92. The van der Waals surface area contributed by atoms with Gasteiger partial charge in [0.05, 0.1) is 6.10 Å². The van der Waals surface area contributed by atoms with E-state index in [1.165, 1.54) is 32.1 Å². The minimum atomic E-state index is -0.0876. The number of aliphatic hydroxyl groups is 1. The molecular formula is C11H23NO. The molecule has 0 bridgehead atoms. The molecular weight excluding hydrogens is 162 g/mol. The van der Waals surface area contributed by atoms with Crippen molar-refractivity contribution >= 4 is 0 Å². The smallest absolute Gasteiger partial charge is 0.0693 e. The minimum Gasteiger partial charge on any atom is -0.392 e. The van der Waals surface area contributed by atoms with Crippen molar-refractivity contribution in [1.29, 1.82) is 0 Å². The van der Waals surface area contributed by atoms with E-state index in [0.29, 0.717) is 6.04 Å². The van der Waals surface area contributed by atoms with Crippen molar-refractivity contribution in [2.24, 2.45) is 0 Å². The normalized spacial score (nSPS) is 29.1. The highest BCUT2D eigenvalue weighted by Crippen LogP contribution is 2.18. The van der Waals surface area contributed by atoms with E-state index in [4.69, 9.17) is 0 Å². The lowest BCUT2D eigenvalue weighted by Gasteiger charge is -2.28. The molecule has 2 nitrogen and oxygen atoms in total. The Morgan fingerprint density at radius 3 is 2.69 bits per heavy atom. The lowest BCUT2D eigenvalue weighted by molar-refractivity contribution is 0.0910. The molecule has 1 fully saturated rings. The number of hydrogen-bond acceptors (Lipinski definition) is 2. The molecule has 78 valence electrons. The van der Waals surface area contributed by atoms with Gasteiger partial charge >= 0.3 is 0 Å². The van der Waals surface area contributed by atoms with Gasteiger partial charge in [0, 0.05) is 6.04 Å². The van der Waals surface area contributed by atoms with E-state index >= 15 is 0 Å². The van der Waals surface area contributed by atoms with Crippen molar-refractivity contribution < 1.29 is 5.11 Å². The summed E-state index contributed by atoms with van der Waals surface area (Å²) in [5.41, 5.74) is 0. The molecule has 0 aromatic rings. The molecule has 0 saturated heterocycles. The Kier molecular flexibility index (Phi) is 5.40. The fourth-order valence-corrected chi connectivity index (χ4v) is 2.01. The molecule has 0 aromatic carbocycles. The van der Waals surface area contributed by atoms with Gasteiger partial charge in [-0.05, 0) is 25.8 Å². The predicted molar refractivity (Wildman–Crippen MR) is 55.8 cm³/mol. The topological polar surface area (TPSA) is 32.3 Å². The first-order chi connectivity index (χ1) is 6.34. The Balaban J connectivity index is 2.05. The molecule has 0 aromatic heterocycles. The van der Waals surface area contributed by atoms with Gasteiger partial charge in [0.2, 0.25) is 0 Å². The predicted octanol–water partition coefficient (Wildman–Crippen LogP) is 2.07. The highest BCUT2D eigenvalue weighted by atomic mass is 16.3. The number of hydrogen-bond donors (Lipinski definition) is 2. The Hall–Kier alpha value is -0.0800. The van der Waals surface area contributed by atoms with Crippen molar-refractivity contribution in [3.8, 4) is 0 Å². The Bertz CT molecular complexity index is 127. The molecule has 13 heavy (non-hydrogen) atoms. The van der Waals surface area contributed by atoms with E-state index in [2.05, 4.69) is 12.2 Å². The molecule has 1 rings (SSSR count). The van der Waals surface area contributed by atoms with Crippen LogP contribution in [0.3, 0.4) is 0 Å². The summed E-state index contributed by atoms with van der Waals surface area (Å²) in [5, 5.41) is 13.1. The average molecular weight is 185 g/mol. The summed E-state index contributed by atoms with van der Waals surface area (Å²) in [4.78, 5) is 0. The van der Waals surface area contributed by atoms with Crippen molar-refractivity contribution in [3.63, 3.8) is 0 Å². The zero-order valence-corrected chi connectivity index (χ0v) is 8.76. The van der Waals surface area contributed by atoms with Crippen molar-refractivity contribution in [2.45, 2.75) is 64.0 Å². The maximum Gasteiger partial charge on any atom is 0.0693 e. The molecule has 0 aliphatic heterocycles. The second-order valence-corrected chi connectivity index (χ2v) is 4.12. The first-order valence-electron chi connectivity index (χ1n) is 5.76. The summed E-state index contributed by atoms with van der Waals surface area (Å²) >= 11 is 0. The Morgan fingerprint density at radius 2 is 2.00 bits per heavy atom. The van der Waals surface area contributed by atoms with Crippen LogP contribution >= 0.6 is 0 Å². The highest BCUT2D eigenvalue weighted by molar-refractivity contribution is 4.79. The Morgan fingerprint density at radius 1 is 1.23 bits per heavy atom. The summed E-state index contributed by atoms with van der Waals surface area (Å²) < 4.78 is 0. The van der Waals surface area contributed by atoms with E-state index in [9.17, 15) is 5.11 Å². The number of rotatable bonds is 5. The highest BCUT2D eigenvalue weighted by Gasteiger charge is 2.21. The van der Waals surface area contributed by atoms with Crippen LogP contribution in [-0.2, 0) is 0 Å². The van der Waals surface area contributed by atoms with Gasteiger partial charge in [-0.2, -0.15) is 0 Å². The second kappa shape index (κ2) is 6.39. The van der Waals surface area contributed by atoms with E-state index in [-0.39, 0.29) is 6.10 Å². The number of unbranched alkanes of at least 4 members (excludes halogenated alkanes) is 2. The fourth-order valence-electron chi connectivity index (χ4n) is 2.01. The van der Waals surface area contributed by atoms with Crippen LogP contribution in [-0.4, -0.2) is 23.8 Å². The van der Waals surface area contributed by atoms with Crippen molar-refractivity contribution in [2.75, 3.05) is 6.54 Å². The summed E-state index contributed by atoms with van der Waals surface area (Å²) in [5.74, 6) is 0. The van der Waals surface area contributed by atoms with Crippen LogP contribution in [0.15, 0.2) is 0 Å². The van der Waals surface area contributed by atoms with E-state index in [1.54, 1.807) is 0 Å². The van der Waals surface area contributed by atoms with Gasteiger partial charge in [-0.3, -0.25) is 0 Å². The van der Waals surface area contributed by atoms with Crippen LogP contribution in [0, 0.1) is 0 Å². The first-order valence-corrected chi connectivity index (χ1v) is 5.76. The van der Waals surface area contributed by atoms with Crippen LogP contribution in [0.25, 0.3) is 0 Å². The van der Waals surface area contributed by atoms with Crippen LogP contribution < -0.4 is 5.32 Å². The lowest BCUT2D eigenvalue weighted by Crippen LogP contribution is -2.42. The minimum absolute atomic E-state index is 0.0876. The zero-order chi connectivity index (χ0) is 9.52. The number of aliphatic hydroxyl groups excluding tert-OH is 1. The van der Waals surface area contributed by atoms with Gasteiger partial charge in [-0.1, -0.05) is 32.6 Å². The van der Waals surface area contributed by atoms with E-state index < -0.39 is 0 Å².